The predicted octanol–water partition coefficient (Wildman–Crippen LogP) is 2.81. The molecule has 0 spiro atoms. The van der Waals surface area contributed by atoms with E-state index in [-0.39, 0.29) is 5.91 Å². The summed E-state index contributed by atoms with van der Waals surface area (Å²) >= 11 is 0. The SMILES string of the molecule is Cc1noc(C)c1CCC(=O)N1CCc2ccccc2C1. The molecule has 0 saturated heterocycles. The summed E-state index contributed by atoms with van der Waals surface area (Å²) in [5.41, 5.74) is 4.60. The van der Waals surface area contributed by atoms with Gasteiger partial charge in [-0.05, 0) is 37.8 Å². The van der Waals surface area contributed by atoms with Crippen molar-refractivity contribution in [2.75, 3.05) is 6.54 Å². The molecular weight excluding hydrogens is 264 g/mol. The van der Waals surface area contributed by atoms with Gasteiger partial charge in [0.1, 0.15) is 5.76 Å². The van der Waals surface area contributed by atoms with Crippen molar-refractivity contribution in [2.24, 2.45) is 0 Å². The first-order chi connectivity index (χ1) is 10.1. The average molecular weight is 284 g/mol. The van der Waals surface area contributed by atoms with Gasteiger partial charge in [-0.25, -0.2) is 0 Å². The minimum absolute atomic E-state index is 0.213. The van der Waals surface area contributed by atoms with Crippen molar-refractivity contribution in [3.05, 3.63) is 52.4 Å². The molecule has 0 atom stereocenters. The number of rotatable bonds is 3. The standard InChI is InChI=1S/C17H20N2O2/c1-12-16(13(2)21-18-12)7-8-17(20)19-10-9-14-5-3-4-6-15(14)11-19/h3-6H,7-11H2,1-2H3. The van der Waals surface area contributed by atoms with Crippen LogP contribution in [0.3, 0.4) is 0 Å². The molecule has 0 aliphatic carbocycles. The van der Waals surface area contributed by atoms with Gasteiger partial charge in [0, 0.05) is 25.1 Å². The molecule has 0 unspecified atom stereocenters. The fraction of sp³-hybridized carbons (Fsp3) is 0.412. The third-order valence-electron chi connectivity index (χ3n) is 4.25. The number of hydrogen-bond donors (Lipinski definition) is 0. The van der Waals surface area contributed by atoms with E-state index in [0.29, 0.717) is 12.8 Å². The predicted molar refractivity (Wildman–Crippen MR) is 79.9 cm³/mol. The molecule has 1 aliphatic rings. The van der Waals surface area contributed by atoms with E-state index in [1.807, 2.05) is 24.8 Å². The van der Waals surface area contributed by atoms with Gasteiger partial charge < -0.3 is 9.42 Å². The van der Waals surface area contributed by atoms with Gasteiger partial charge >= 0.3 is 0 Å². The molecule has 0 fully saturated rings. The average Bonchev–Trinajstić information content (AvgIpc) is 2.83. The van der Waals surface area contributed by atoms with Gasteiger partial charge in [-0.3, -0.25) is 4.79 Å². The highest BCUT2D eigenvalue weighted by Gasteiger charge is 2.21. The molecule has 2 aromatic rings. The molecule has 4 nitrogen and oxygen atoms in total. The van der Waals surface area contributed by atoms with E-state index in [2.05, 4.69) is 23.4 Å². The number of fused-ring (bicyclic) bond motifs is 1. The first-order valence-electron chi connectivity index (χ1n) is 7.41. The lowest BCUT2D eigenvalue weighted by atomic mass is 9.99. The molecule has 3 rings (SSSR count). The summed E-state index contributed by atoms with van der Waals surface area (Å²) in [7, 11) is 0. The number of carbonyl (C=O) groups is 1. The normalized spacial score (nSPS) is 14.1. The van der Waals surface area contributed by atoms with Crippen LogP contribution in [0.5, 0.6) is 0 Å². The van der Waals surface area contributed by atoms with Crippen molar-refractivity contribution in [2.45, 2.75) is 39.7 Å². The van der Waals surface area contributed by atoms with E-state index >= 15 is 0 Å². The van der Waals surface area contributed by atoms with Crippen molar-refractivity contribution < 1.29 is 9.32 Å². The summed E-state index contributed by atoms with van der Waals surface area (Å²) < 4.78 is 5.14. The Labute approximate surface area is 124 Å². The summed E-state index contributed by atoms with van der Waals surface area (Å²) in [6.07, 6.45) is 2.18. The first-order valence-corrected chi connectivity index (χ1v) is 7.41. The Morgan fingerprint density at radius 3 is 2.76 bits per heavy atom. The minimum Gasteiger partial charge on any atom is -0.361 e. The largest absolute Gasteiger partial charge is 0.361 e. The second-order valence-corrected chi connectivity index (χ2v) is 5.64. The van der Waals surface area contributed by atoms with Crippen LogP contribution >= 0.6 is 0 Å². The van der Waals surface area contributed by atoms with Crippen LogP contribution in [0.15, 0.2) is 28.8 Å². The summed E-state index contributed by atoms with van der Waals surface area (Å²) in [5.74, 6) is 1.04. The highest BCUT2D eigenvalue weighted by Crippen LogP contribution is 2.20. The molecule has 110 valence electrons. The molecule has 0 N–H and O–H groups in total. The topological polar surface area (TPSA) is 46.3 Å². The van der Waals surface area contributed by atoms with Crippen LogP contribution in [0.25, 0.3) is 0 Å². The van der Waals surface area contributed by atoms with Crippen molar-refractivity contribution in [1.82, 2.24) is 10.1 Å². The van der Waals surface area contributed by atoms with Crippen LogP contribution < -0.4 is 0 Å². The molecule has 0 bridgehead atoms. The highest BCUT2D eigenvalue weighted by molar-refractivity contribution is 5.76. The molecule has 0 saturated carbocycles. The molecular formula is C17H20N2O2. The fourth-order valence-corrected chi connectivity index (χ4v) is 2.96. The number of aryl methyl sites for hydroxylation is 2. The van der Waals surface area contributed by atoms with E-state index in [1.165, 1.54) is 11.1 Å². The molecule has 1 amide bonds. The quantitative estimate of drug-likeness (QED) is 0.870. The van der Waals surface area contributed by atoms with E-state index in [9.17, 15) is 4.79 Å². The molecule has 21 heavy (non-hydrogen) atoms. The van der Waals surface area contributed by atoms with Gasteiger partial charge in [-0.2, -0.15) is 0 Å². The van der Waals surface area contributed by atoms with Crippen molar-refractivity contribution in [1.29, 1.82) is 0 Å². The Morgan fingerprint density at radius 2 is 2.05 bits per heavy atom. The van der Waals surface area contributed by atoms with E-state index < -0.39 is 0 Å². The van der Waals surface area contributed by atoms with Crippen LogP contribution in [0.2, 0.25) is 0 Å². The van der Waals surface area contributed by atoms with Crippen LogP contribution in [0, 0.1) is 13.8 Å². The Morgan fingerprint density at radius 1 is 1.29 bits per heavy atom. The van der Waals surface area contributed by atoms with Crippen LogP contribution in [0.4, 0.5) is 0 Å². The van der Waals surface area contributed by atoms with E-state index in [0.717, 1.165) is 36.5 Å². The Hall–Kier alpha value is -2.10. The molecule has 2 heterocycles. The van der Waals surface area contributed by atoms with Crippen molar-refractivity contribution in [3.8, 4) is 0 Å². The van der Waals surface area contributed by atoms with Gasteiger partial charge in [0.05, 0.1) is 5.69 Å². The van der Waals surface area contributed by atoms with Crippen molar-refractivity contribution in [3.63, 3.8) is 0 Å². The van der Waals surface area contributed by atoms with E-state index in [1.54, 1.807) is 0 Å². The lowest BCUT2D eigenvalue weighted by Gasteiger charge is -2.29. The Balaban J connectivity index is 1.62. The second kappa shape index (κ2) is 5.72. The molecule has 0 radical (unpaired) electrons. The van der Waals surface area contributed by atoms with Gasteiger partial charge in [0.2, 0.25) is 5.91 Å². The fourth-order valence-electron chi connectivity index (χ4n) is 2.96. The number of amides is 1. The Bertz CT molecular complexity index is 641. The maximum absolute atomic E-state index is 12.4. The maximum Gasteiger partial charge on any atom is 0.223 e. The number of nitrogens with zero attached hydrogens (tertiary/aromatic N) is 2. The van der Waals surface area contributed by atoms with Crippen LogP contribution in [-0.4, -0.2) is 22.5 Å². The zero-order valence-corrected chi connectivity index (χ0v) is 12.6. The van der Waals surface area contributed by atoms with E-state index in [4.69, 9.17) is 4.52 Å². The van der Waals surface area contributed by atoms with Crippen LogP contribution in [-0.2, 0) is 24.2 Å². The van der Waals surface area contributed by atoms with Gasteiger partial charge in [0.15, 0.2) is 0 Å². The highest BCUT2D eigenvalue weighted by atomic mass is 16.5. The van der Waals surface area contributed by atoms with Crippen molar-refractivity contribution >= 4 is 5.91 Å². The lowest BCUT2D eigenvalue weighted by molar-refractivity contribution is -0.132. The number of benzene rings is 1. The van der Waals surface area contributed by atoms with Gasteiger partial charge in [-0.1, -0.05) is 29.4 Å². The zero-order chi connectivity index (χ0) is 14.8. The summed E-state index contributed by atoms with van der Waals surface area (Å²) in [6.45, 7) is 5.37. The monoisotopic (exact) mass is 284 g/mol. The van der Waals surface area contributed by atoms with Gasteiger partial charge in [0.25, 0.3) is 0 Å². The third kappa shape index (κ3) is 2.84. The zero-order valence-electron chi connectivity index (χ0n) is 12.6. The Kier molecular flexibility index (Phi) is 3.78. The number of carbonyl (C=O) groups excluding carboxylic acids is 1. The third-order valence-corrected chi connectivity index (χ3v) is 4.25. The summed E-state index contributed by atoms with van der Waals surface area (Å²) in [4.78, 5) is 14.4. The number of aromatic nitrogens is 1. The smallest absolute Gasteiger partial charge is 0.223 e. The first kappa shape index (κ1) is 13.9. The molecule has 1 aromatic heterocycles. The summed E-state index contributed by atoms with van der Waals surface area (Å²) in [6, 6.07) is 8.37. The molecule has 4 heteroatoms. The molecule has 1 aliphatic heterocycles. The van der Waals surface area contributed by atoms with Gasteiger partial charge in [-0.15, -0.1) is 0 Å². The molecule has 1 aromatic carbocycles. The second-order valence-electron chi connectivity index (χ2n) is 5.64. The minimum atomic E-state index is 0.213. The summed E-state index contributed by atoms with van der Waals surface area (Å²) in [5, 5.41) is 3.94. The lowest BCUT2D eigenvalue weighted by Crippen LogP contribution is -2.36. The maximum atomic E-state index is 12.4. The number of hydrogen-bond acceptors (Lipinski definition) is 3. The van der Waals surface area contributed by atoms with Crippen LogP contribution in [0.1, 0.15) is 34.6 Å².